The molecule has 0 saturated carbocycles. The Balaban J connectivity index is 2.61. The number of carboxylic acids is 1. The molecular weight excluding hydrogens is 353 g/mol. The first kappa shape index (κ1) is 15.4. The SMILES string of the molecule is Cc1ccc(-c2ncc(C(=O)O)c(C(F)(F)F)n2)cc1Br. The van der Waals surface area contributed by atoms with Crippen molar-refractivity contribution in [2.45, 2.75) is 13.1 Å². The summed E-state index contributed by atoms with van der Waals surface area (Å²) in [6.07, 6.45) is -4.20. The number of carbonyl (C=O) groups is 1. The number of rotatable bonds is 2. The molecule has 0 unspecified atom stereocenters. The summed E-state index contributed by atoms with van der Waals surface area (Å²) in [6.45, 7) is 1.82. The van der Waals surface area contributed by atoms with Crippen molar-refractivity contribution in [2.24, 2.45) is 0 Å². The van der Waals surface area contributed by atoms with Crippen LogP contribution < -0.4 is 0 Å². The van der Waals surface area contributed by atoms with Crippen LogP contribution >= 0.6 is 15.9 Å². The number of aromatic carboxylic acids is 1. The van der Waals surface area contributed by atoms with Crippen molar-refractivity contribution in [1.29, 1.82) is 0 Å². The summed E-state index contributed by atoms with van der Waals surface area (Å²) < 4.78 is 39.3. The van der Waals surface area contributed by atoms with E-state index in [9.17, 15) is 18.0 Å². The first-order chi connectivity index (χ1) is 9.70. The third-order valence-electron chi connectivity index (χ3n) is 2.72. The molecule has 8 heteroatoms. The normalized spacial score (nSPS) is 11.5. The van der Waals surface area contributed by atoms with E-state index in [1.807, 2.05) is 6.92 Å². The lowest BCUT2D eigenvalue weighted by Gasteiger charge is -2.11. The molecule has 2 aromatic rings. The van der Waals surface area contributed by atoms with Crippen molar-refractivity contribution in [3.05, 3.63) is 45.7 Å². The van der Waals surface area contributed by atoms with Gasteiger partial charge in [-0.25, -0.2) is 14.8 Å². The molecule has 0 bridgehead atoms. The lowest BCUT2D eigenvalue weighted by Crippen LogP contribution is -2.16. The van der Waals surface area contributed by atoms with E-state index in [0.717, 1.165) is 5.56 Å². The Bertz CT molecular complexity index is 717. The third kappa shape index (κ3) is 3.21. The fourth-order valence-corrected chi connectivity index (χ4v) is 2.00. The molecule has 1 N–H and O–H groups in total. The molecule has 0 aliphatic heterocycles. The minimum absolute atomic E-state index is 0.187. The van der Waals surface area contributed by atoms with Gasteiger partial charge in [0.25, 0.3) is 0 Å². The maximum atomic E-state index is 12.9. The standard InChI is InChI=1S/C13H8BrF3N2O2/c1-6-2-3-7(4-9(6)14)11-18-5-8(12(20)21)10(19-11)13(15,16)17/h2-5H,1H3,(H,20,21). The van der Waals surface area contributed by atoms with Gasteiger partial charge in [0.15, 0.2) is 11.5 Å². The molecule has 0 aliphatic rings. The van der Waals surface area contributed by atoms with Crippen LogP contribution in [0.4, 0.5) is 13.2 Å². The molecule has 1 aromatic heterocycles. The molecule has 0 atom stereocenters. The van der Waals surface area contributed by atoms with Gasteiger partial charge in [-0.05, 0) is 18.6 Å². The first-order valence-corrected chi connectivity index (χ1v) is 6.43. The van der Waals surface area contributed by atoms with Crippen molar-refractivity contribution in [2.75, 3.05) is 0 Å². The zero-order valence-corrected chi connectivity index (χ0v) is 12.2. The summed E-state index contributed by atoms with van der Waals surface area (Å²) >= 11 is 3.27. The van der Waals surface area contributed by atoms with Crippen LogP contribution in [0.15, 0.2) is 28.9 Å². The summed E-state index contributed by atoms with van der Waals surface area (Å²) in [7, 11) is 0. The van der Waals surface area contributed by atoms with Gasteiger partial charge in [-0.2, -0.15) is 13.2 Å². The predicted molar refractivity (Wildman–Crippen MR) is 71.9 cm³/mol. The van der Waals surface area contributed by atoms with Crippen LogP contribution in [0.2, 0.25) is 0 Å². The summed E-state index contributed by atoms with van der Waals surface area (Å²) in [5.41, 5.74) is -1.18. The molecule has 21 heavy (non-hydrogen) atoms. The highest BCUT2D eigenvalue weighted by molar-refractivity contribution is 9.10. The highest BCUT2D eigenvalue weighted by Gasteiger charge is 2.38. The second-order valence-corrected chi connectivity index (χ2v) is 5.08. The quantitative estimate of drug-likeness (QED) is 0.881. The number of hydrogen-bond donors (Lipinski definition) is 1. The molecule has 1 heterocycles. The lowest BCUT2D eigenvalue weighted by atomic mass is 10.1. The Hall–Kier alpha value is -1.96. The fraction of sp³-hybridized carbons (Fsp3) is 0.154. The summed E-state index contributed by atoms with van der Waals surface area (Å²) in [5, 5.41) is 8.78. The Morgan fingerprint density at radius 2 is 2.00 bits per heavy atom. The number of hydrogen-bond acceptors (Lipinski definition) is 3. The van der Waals surface area contributed by atoms with Crippen LogP contribution in [0, 0.1) is 6.92 Å². The summed E-state index contributed by atoms with van der Waals surface area (Å²) in [5.74, 6) is -1.91. The Morgan fingerprint density at radius 3 is 2.52 bits per heavy atom. The smallest absolute Gasteiger partial charge is 0.434 e. The average molecular weight is 361 g/mol. The molecular formula is C13H8BrF3N2O2. The molecule has 0 aliphatic carbocycles. The van der Waals surface area contributed by atoms with Gasteiger partial charge in [-0.1, -0.05) is 28.1 Å². The molecule has 2 rings (SSSR count). The number of benzene rings is 1. The van der Waals surface area contributed by atoms with E-state index in [0.29, 0.717) is 16.2 Å². The average Bonchev–Trinajstić information content (AvgIpc) is 2.40. The monoisotopic (exact) mass is 360 g/mol. The van der Waals surface area contributed by atoms with Crippen molar-refractivity contribution in [1.82, 2.24) is 9.97 Å². The molecule has 1 aromatic carbocycles. The zero-order valence-electron chi connectivity index (χ0n) is 10.6. The van der Waals surface area contributed by atoms with Gasteiger partial charge in [-0.3, -0.25) is 0 Å². The van der Waals surface area contributed by atoms with E-state index in [2.05, 4.69) is 25.9 Å². The van der Waals surface area contributed by atoms with E-state index >= 15 is 0 Å². The van der Waals surface area contributed by atoms with Gasteiger partial charge in [0.1, 0.15) is 5.56 Å². The number of carboxylic acid groups (broad SMARTS) is 1. The summed E-state index contributed by atoms with van der Waals surface area (Å²) in [4.78, 5) is 17.9. The van der Waals surface area contributed by atoms with Gasteiger partial charge >= 0.3 is 12.1 Å². The largest absolute Gasteiger partial charge is 0.478 e. The van der Waals surface area contributed by atoms with E-state index in [1.54, 1.807) is 18.2 Å². The lowest BCUT2D eigenvalue weighted by molar-refractivity contribution is -0.141. The second kappa shape index (κ2) is 5.44. The van der Waals surface area contributed by atoms with Crippen molar-refractivity contribution in [3.8, 4) is 11.4 Å². The highest BCUT2D eigenvalue weighted by Crippen LogP contribution is 2.32. The van der Waals surface area contributed by atoms with Gasteiger partial charge in [0.2, 0.25) is 0 Å². The number of nitrogens with zero attached hydrogens (tertiary/aromatic N) is 2. The fourth-order valence-electron chi connectivity index (χ4n) is 1.63. The van der Waals surface area contributed by atoms with Crippen LogP contribution in [0.5, 0.6) is 0 Å². The Morgan fingerprint density at radius 1 is 1.33 bits per heavy atom. The maximum absolute atomic E-state index is 12.9. The minimum Gasteiger partial charge on any atom is -0.478 e. The van der Waals surface area contributed by atoms with Crippen LogP contribution in [0.25, 0.3) is 11.4 Å². The van der Waals surface area contributed by atoms with Crippen LogP contribution in [-0.2, 0) is 6.18 Å². The molecule has 0 spiro atoms. The van der Waals surface area contributed by atoms with Gasteiger partial charge in [0.05, 0.1) is 0 Å². The van der Waals surface area contributed by atoms with E-state index in [4.69, 9.17) is 5.11 Å². The van der Waals surface area contributed by atoms with Gasteiger partial charge in [-0.15, -0.1) is 0 Å². The van der Waals surface area contributed by atoms with Crippen LogP contribution in [0.3, 0.4) is 0 Å². The minimum atomic E-state index is -4.87. The number of halogens is 4. The molecule has 0 radical (unpaired) electrons. The first-order valence-electron chi connectivity index (χ1n) is 5.64. The molecule has 4 nitrogen and oxygen atoms in total. The Labute approximate surface area is 125 Å². The molecule has 0 fully saturated rings. The molecule has 0 saturated heterocycles. The van der Waals surface area contributed by atoms with Crippen molar-refractivity contribution in [3.63, 3.8) is 0 Å². The zero-order chi connectivity index (χ0) is 15.8. The Kier molecular flexibility index (Phi) is 3.99. The second-order valence-electron chi connectivity index (χ2n) is 4.22. The molecule has 0 amide bonds. The van der Waals surface area contributed by atoms with Gasteiger partial charge < -0.3 is 5.11 Å². The van der Waals surface area contributed by atoms with Gasteiger partial charge in [0, 0.05) is 16.2 Å². The van der Waals surface area contributed by atoms with Crippen LogP contribution in [0.1, 0.15) is 21.6 Å². The number of aryl methyl sites for hydroxylation is 1. The van der Waals surface area contributed by atoms with Crippen LogP contribution in [-0.4, -0.2) is 21.0 Å². The molecule has 110 valence electrons. The van der Waals surface area contributed by atoms with Crippen molar-refractivity contribution < 1.29 is 23.1 Å². The third-order valence-corrected chi connectivity index (χ3v) is 3.57. The predicted octanol–water partition coefficient (Wildman–Crippen LogP) is 3.93. The summed E-state index contributed by atoms with van der Waals surface area (Å²) in [6, 6.07) is 4.84. The van der Waals surface area contributed by atoms with E-state index < -0.39 is 23.4 Å². The van der Waals surface area contributed by atoms with E-state index in [1.165, 1.54) is 0 Å². The maximum Gasteiger partial charge on any atom is 0.434 e. The van der Waals surface area contributed by atoms with E-state index in [-0.39, 0.29) is 5.82 Å². The number of alkyl halides is 3. The van der Waals surface area contributed by atoms with Crippen molar-refractivity contribution >= 4 is 21.9 Å². The number of aromatic nitrogens is 2. The highest BCUT2D eigenvalue weighted by atomic mass is 79.9. The topological polar surface area (TPSA) is 63.1 Å².